The predicted molar refractivity (Wildman–Crippen MR) is 78.6 cm³/mol. The van der Waals surface area contributed by atoms with Gasteiger partial charge in [0.1, 0.15) is 29.3 Å². The highest BCUT2D eigenvalue weighted by atomic mass is 16.5. The number of aromatic carboxylic acids is 1. The maximum atomic E-state index is 12.2. The Labute approximate surface area is 124 Å². The van der Waals surface area contributed by atoms with Gasteiger partial charge in [-0.3, -0.25) is 4.79 Å². The maximum absolute atomic E-state index is 12.2. The van der Waals surface area contributed by atoms with Gasteiger partial charge in [-0.25, -0.2) is 4.79 Å². The molecule has 1 aromatic carbocycles. The Kier molecular flexibility index (Phi) is 3.52. The van der Waals surface area contributed by atoms with Crippen molar-refractivity contribution in [2.24, 2.45) is 0 Å². The zero-order valence-corrected chi connectivity index (χ0v) is 11.4. The molecular weight excluding hydrogens is 288 g/mol. The Morgan fingerprint density at radius 3 is 2.73 bits per heavy atom. The van der Waals surface area contributed by atoms with Gasteiger partial charge in [0.15, 0.2) is 0 Å². The SMILES string of the molecule is O=C(O)c1ccc2oc3ccc(OCCO)cc3cc-2c1=O. The van der Waals surface area contributed by atoms with E-state index in [1.54, 1.807) is 24.3 Å². The molecule has 0 unspecified atom stereocenters. The number of carboxylic acids is 1. The second-order valence-electron chi connectivity index (χ2n) is 4.68. The summed E-state index contributed by atoms with van der Waals surface area (Å²) < 4.78 is 10.9. The minimum atomic E-state index is -1.27. The van der Waals surface area contributed by atoms with Gasteiger partial charge < -0.3 is 19.4 Å². The van der Waals surface area contributed by atoms with Crippen molar-refractivity contribution in [2.45, 2.75) is 0 Å². The molecule has 6 nitrogen and oxygen atoms in total. The van der Waals surface area contributed by atoms with Crippen molar-refractivity contribution in [1.82, 2.24) is 0 Å². The third-order valence-electron chi connectivity index (χ3n) is 3.25. The van der Waals surface area contributed by atoms with Crippen LogP contribution in [0.4, 0.5) is 0 Å². The lowest BCUT2D eigenvalue weighted by molar-refractivity contribution is 0.0695. The van der Waals surface area contributed by atoms with Crippen LogP contribution in [0, 0.1) is 0 Å². The van der Waals surface area contributed by atoms with E-state index in [1.807, 2.05) is 0 Å². The molecule has 2 N–H and O–H groups in total. The fourth-order valence-electron chi connectivity index (χ4n) is 2.24. The number of rotatable bonds is 4. The van der Waals surface area contributed by atoms with Crippen LogP contribution < -0.4 is 10.2 Å². The number of aliphatic hydroxyl groups excluding tert-OH is 1. The summed E-state index contributed by atoms with van der Waals surface area (Å²) in [6.45, 7) is 0.0546. The topological polar surface area (TPSA) is 97.0 Å². The normalized spacial score (nSPS) is 11.0. The van der Waals surface area contributed by atoms with E-state index < -0.39 is 11.4 Å². The molecule has 0 atom stereocenters. The molecule has 2 aliphatic rings. The first-order valence-electron chi connectivity index (χ1n) is 6.58. The van der Waals surface area contributed by atoms with Gasteiger partial charge >= 0.3 is 5.97 Å². The van der Waals surface area contributed by atoms with Crippen molar-refractivity contribution in [3.8, 4) is 17.1 Å². The smallest absolute Gasteiger partial charge is 0.339 e. The lowest BCUT2D eigenvalue weighted by atomic mass is 10.0. The molecule has 1 aromatic rings. The van der Waals surface area contributed by atoms with Crippen molar-refractivity contribution >= 4 is 16.9 Å². The van der Waals surface area contributed by atoms with Gasteiger partial charge in [-0.05, 0) is 36.4 Å². The summed E-state index contributed by atoms with van der Waals surface area (Å²) in [5, 5.41) is 18.4. The largest absolute Gasteiger partial charge is 0.491 e. The molecule has 1 aliphatic heterocycles. The second-order valence-corrected chi connectivity index (χ2v) is 4.68. The zero-order valence-electron chi connectivity index (χ0n) is 11.4. The van der Waals surface area contributed by atoms with Crippen LogP contribution in [0.2, 0.25) is 0 Å². The third kappa shape index (κ3) is 2.40. The van der Waals surface area contributed by atoms with E-state index in [0.29, 0.717) is 22.5 Å². The van der Waals surface area contributed by atoms with Gasteiger partial charge in [0.05, 0.1) is 12.2 Å². The van der Waals surface area contributed by atoms with Gasteiger partial charge in [-0.15, -0.1) is 0 Å². The Bertz CT molecular complexity index is 880. The molecule has 0 fully saturated rings. The van der Waals surface area contributed by atoms with E-state index >= 15 is 0 Å². The zero-order chi connectivity index (χ0) is 15.7. The van der Waals surface area contributed by atoms with Crippen LogP contribution in [0.25, 0.3) is 22.3 Å². The van der Waals surface area contributed by atoms with Gasteiger partial charge in [0.25, 0.3) is 0 Å². The molecule has 0 bridgehead atoms. The van der Waals surface area contributed by atoms with Crippen LogP contribution in [-0.4, -0.2) is 29.4 Å². The van der Waals surface area contributed by atoms with Crippen molar-refractivity contribution in [3.05, 3.63) is 52.2 Å². The average Bonchev–Trinajstić information content (AvgIpc) is 2.51. The quantitative estimate of drug-likeness (QED) is 0.715. The van der Waals surface area contributed by atoms with Crippen LogP contribution in [0.5, 0.6) is 5.75 Å². The van der Waals surface area contributed by atoms with Gasteiger partial charge in [0.2, 0.25) is 5.43 Å². The standard InChI is InChI=1S/C16H12O6/c17-5-6-21-10-1-3-13-9(7-10)8-12-14(22-13)4-2-11(15(12)18)16(19)20/h1-4,7-8,17H,5-6H2,(H,19,20). The summed E-state index contributed by atoms with van der Waals surface area (Å²) in [5.74, 6) is -0.420. The van der Waals surface area contributed by atoms with E-state index in [9.17, 15) is 9.59 Å². The predicted octanol–water partition coefficient (Wildman–Crippen LogP) is 1.97. The Balaban J connectivity index is 2.20. The van der Waals surface area contributed by atoms with Crippen LogP contribution in [-0.2, 0) is 0 Å². The number of ether oxygens (including phenoxy) is 1. The van der Waals surface area contributed by atoms with E-state index in [0.717, 1.165) is 0 Å². The maximum Gasteiger partial charge on any atom is 0.339 e. The minimum absolute atomic E-state index is 0.104. The summed E-state index contributed by atoms with van der Waals surface area (Å²) in [6.07, 6.45) is 0. The summed E-state index contributed by atoms with van der Waals surface area (Å²) in [6, 6.07) is 9.33. The minimum Gasteiger partial charge on any atom is -0.491 e. The summed E-state index contributed by atoms with van der Waals surface area (Å²) >= 11 is 0. The number of hydrogen-bond acceptors (Lipinski definition) is 5. The van der Waals surface area contributed by atoms with Gasteiger partial charge in [0, 0.05) is 5.39 Å². The number of carbonyl (C=O) groups is 1. The Morgan fingerprint density at radius 1 is 1.18 bits per heavy atom. The number of carboxylic acid groups (broad SMARTS) is 1. The van der Waals surface area contributed by atoms with Crippen LogP contribution in [0.15, 0.2) is 45.6 Å². The monoisotopic (exact) mass is 300 g/mol. The average molecular weight is 300 g/mol. The molecule has 0 amide bonds. The van der Waals surface area contributed by atoms with Crippen molar-refractivity contribution in [1.29, 1.82) is 0 Å². The number of aliphatic hydroxyl groups is 1. The molecule has 1 heterocycles. The highest BCUT2D eigenvalue weighted by molar-refractivity contribution is 5.91. The summed E-state index contributed by atoms with van der Waals surface area (Å²) in [4.78, 5) is 23.2. The highest BCUT2D eigenvalue weighted by Gasteiger charge is 2.17. The number of hydrogen-bond donors (Lipinski definition) is 2. The Hall–Kier alpha value is -2.86. The van der Waals surface area contributed by atoms with E-state index in [-0.39, 0.29) is 24.3 Å². The highest BCUT2D eigenvalue weighted by Crippen LogP contribution is 2.28. The fourth-order valence-corrected chi connectivity index (χ4v) is 2.24. The molecule has 22 heavy (non-hydrogen) atoms. The van der Waals surface area contributed by atoms with Gasteiger partial charge in [-0.2, -0.15) is 0 Å². The molecule has 0 aromatic heterocycles. The number of benzene rings is 2. The first-order valence-corrected chi connectivity index (χ1v) is 6.58. The molecule has 112 valence electrons. The van der Waals surface area contributed by atoms with Crippen molar-refractivity contribution < 1.29 is 24.2 Å². The van der Waals surface area contributed by atoms with E-state index in [2.05, 4.69) is 0 Å². The molecule has 0 saturated heterocycles. The van der Waals surface area contributed by atoms with Crippen LogP contribution in [0.3, 0.4) is 0 Å². The number of fused-ring (bicyclic) bond motifs is 2. The summed E-state index contributed by atoms with van der Waals surface area (Å²) in [5.41, 5.74) is -0.134. The molecule has 3 rings (SSSR count). The molecular formula is C16H12O6. The molecule has 0 saturated carbocycles. The van der Waals surface area contributed by atoms with Crippen LogP contribution in [0.1, 0.15) is 10.4 Å². The van der Waals surface area contributed by atoms with E-state index in [1.165, 1.54) is 12.1 Å². The summed E-state index contributed by atoms with van der Waals surface area (Å²) in [7, 11) is 0. The first-order chi connectivity index (χ1) is 10.6. The lowest BCUT2D eigenvalue weighted by Gasteiger charge is -2.09. The van der Waals surface area contributed by atoms with Crippen molar-refractivity contribution in [3.63, 3.8) is 0 Å². The Morgan fingerprint density at radius 2 is 2.00 bits per heavy atom. The van der Waals surface area contributed by atoms with E-state index in [4.69, 9.17) is 19.4 Å². The third-order valence-corrected chi connectivity index (χ3v) is 3.25. The lowest BCUT2D eigenvalue weighted by Crippen LogP contribution is -2.16. The first kappa shape index (κ1) is 14.1. The van der Waals surface area contributed by atoms with Crippen LogP contribution >= 0.6 is 0 Å². The van der Waals surface area contributed by atoms with Gasteiger partial charge in [-0.1, -0.05) is 0 Å². The fraction of sp³-hybridized carbons (Fsp3) is 0.125. The molecule has 0 radical (unpaired) electrons. The molecule has 0 spiro atoms. The van der Waals surface area contributed by atoms with Crippen molar-refractivity contribution in [2.75, 3.05) is 13.2 Å². The second kappa shape index (κ2) is 5.50. The molecule has 1 aliphatic carbocycles. The molecule has 6 heteroatoms.